The van der Waals surface area contributed by atoms with Crippen molar-refractivity contribution in [3.05, 3.63) is 64.4 Å². The number of hydrazone groups is 1. The topological polar surface area (TPSA) is 76.7 Å². The van der Waals surface area contributed by atoms with Crippen LogP contribution in [0.5, 0.6) is 5.75 Å². The highest BCUT2D eigenvalue weighted by molar-refractivity contribution is 6.30. The lowest BCUT2D eigenvalue weighted by Gasteiger charge is -2.10. The van der Waals surface area contributed by atoms with E-state index < -0.39 is 6.03 Å². The van der Waals surface area contributed by atoms with Crippen LogP contribution in [-0.4, -0.2) is 12.2 Å². The van der Waals surface area contributed by atoms with Crippen LogP contribution in [0.15, 0.2) is 47.6 Å². The molecular weight excluding hydrogens is 309 g/mol. The molecule has 7 heteroatoms. The summed E-state index contributed by atoms with van der Waals surface area (Å²) in [5, 5.41) is 4.12. The van der Waals surface area contributed by atoms with Crippen molar-refractivity contribution in [1.29, 1.82) is 0 Å². The Hall–Kier alpha value is -2.60. The molecule has 0 saturated heterocycles. The van der Waals surface area contributed by atoms with E-state index in [1.54, 1.807) is 36.4 Å². The Labute approximate surface area is 131 Å². The number of hydrogen-bond donors (Lipinski definition) is 2. The van der Waals surface area contributed by atoms with E-state index in [0.717, 1.165) is 0 Å². The van der Waals surface area contributed by atoms with Gasteiger partial charge in [-0.1, -0.05) is 29.8 Å². The number of carbonyl (C=O) groups excluding carboxylic acids is 1. The van der Waals surface area contributed by atoms with Gasteiger partial charge in [-0.2, -0.15) is 5.10 Å². The van der Waals surface area contributed by atoms with Crippen LogP contribution in [0.3, 0.4) is 0 Å². The number of ether oxygens (including phenoxy) is 1. The highest BCUT2D eigenvalue weighted by Gasteiger charge is 2.06. The van der Waals surface area contributed by atoms with Crippen LogP contribution in [0, 0.1) is 5.82 Å². The smallest absolute Gasteiger partial charge is 0.332 e. The largest absolute Gasteiger partial charge is 0.488 e. The predicted molar refractivity (Wildman–Crippen MR) is 82.5 cm³/mol. The summed E-state index contributed by atoms with van der Waals surface area (Å²) in [6.45, 7) is 0.0540. The average Bonchev–Trinajstić information content (AvgIpc) is 2.47. The van der Waals surface area contributed by atoms with E-state index in [0.29, 0.717) is 21.9 Å². The normalized spacial score (nSPS) is 10.6. The first-order valence-electron chi connectivity index (χ1n) is 6.30. The third-order valence-corrected chi connectivity index (χ3v) is 2.93. The van der Waals surface area contributed by atoms with Gasteiger partial charge in [0.2, 0.25) is 0 Å². The average molecular weight is 322 g/mol. The van der Waals surface area contributed by atoms with Crippen molar-refractivity contribution >= 4 is 23.8 Å². The first-order valence-corrected chi connectivity index (χ1v) is 6.68. The molecule has 114 valence electrons. The maximum atomic E-state index is 13.6. The van der Waals surface area contributed by atoms with Crippen molar-refractivity contribution in [2.24, 2.45) is 10.8 Å². The zero-order valence-electron chi connectivity index (χ0n) is 11.4. The van der Waals surface area contributed by atoms with Crippen molar-refractivity contribution in [2.75, 3.05) is 0 Å². The van der Waals surface area contributed by atoms with E-state index in [1.165, 1.54) is 12.3 Å². The molecule has 2 aromatic carbocycles. The minimum Gasteiger partial charge on any atom is -0.488 e. The minimum absolute atomic E-state index is 0.0540. The lowest BCUT2D eigenvalue weighted by molar-refractivity contribution is 0.249. The van der Waals surface area contributed by atoms with Crippen LogP contribution >= 0.6 is 11.6 Å². The predicted octanol–water partition coefficient (Wildman–Crippen LogP) is 3.06. The van der Waals surface area contributed by atoms with E-state index in [1.807, 2.05) is 0 Å². The summed E-state index contributed by atoms with van der Waals surface area (Å²) in [4.78, 5) is 10.6. The van der Waals surface area contributed by atoms with Gasteiger partial charge in [-0.05, 0) is 24.3 Å². The van der Waals surface area contributed by atoms with Crippen molar-refractivity contribution in [3.8, 4) is 5.75 Å². The fourth-order valence-electron chi connectivity index (χ4n) is 1.69. The molecule has 2 amide bonds. The monoisotopic (exact) mass is 321 g/mol. The number of carbonyl (C=O) groups is 1. The summed E-state index contributed by atoms with van der Waals surface area (Å²) in [5.41, 5.74) is 7.94. The van der Waals surface area contributed by atoms with E-state index in [4.69, 9.17) is 22.1 Å². The number of hydrogen-bond acceptors (Lipinski definition) is 3. The van der Waals surface area contributed by atoms with Gasteiger partial charge < -0.3 is 10.5 Å². The molecule has 0 atom stereocenters. The molecule has 0 unspecified atom stereocenters. The minimum atomic E-state index is -0.785. The molecule has 0 aliphatic rings. The second kappa shape index (κ2) is 7.42. The summed E-state index contributed by atoms with van der Waals surface area (Å²) in [5.74, 6) is 0.102. The number of primary amides is 1. The quantitative estimate of drug-likeness (QED) is 0.656. The Morgan fingerprint density at radius 2 is 2.14 bits per heavy atom. The lowest BCUT2D eigenvalue weighted by Crippen LogP contribution is -2.24. The SMILES string of the molecule is NC(=O)NN=Cc1cc(Cl)ccc1OCc1ccccc1F. The number of rotatable bonds is 5. The summed E-state index contributed by atoms with van der Waals surface area (Å²) in [6, 6.07) is 10.4. The van der Waals surface area contributed by atoms with Crippen molar-refractivity contribution in [2.45, 2.75) is 6.61 Å². The van der Waals surface area contributed by atoms with E-state index >= 15 is 0 Å². The molecule has 0 saturated carbocycles. The standard InChI is InChI=1S/C15H13ClFN3O2/c16-12-5-6-14(11(7-12)8-19-20-15(18)21)22-9-10-3-1-2-4-13(10)17/h1-8H,9H2,(H3,18,20,21). The zero-order valence-corrected chi connectivity index (χ0v) is 12.2. The molecule has 0 radical (unpaired) electrons. The summed E-state index contributed by atoms with van der Waals surface area (Å²) in [6.07, 6.45) is 1.34. The van der Waals surface area contributed by atoms with Gasteiger partial charge in [-0.15, -0.1) is 0 Å². The Balaban J connectivity index is 2.14. The molecule has 2 rings (SSSR count). The van der Waals surface area contributed by atoms with Crippen LogP contribution in [-0.2, 0) is 6.61 Å². The summed E-state index contributed by atoms with van der Waals surface area (Å²) < 4.78 is 19.1. The molecule has 2 aromatic rings. The van der Waals surface area contributed by atoms with Crippen molar-refractivity contribution in [1.82, 2.24) is 5.43 Å². The molecule has 0 bridgehead atoms. The maximum absolute atomic E-state index is 13.6. The summed E-state index contributed by atoms with van der Waals surface area (Å²) in [7, 11) is 0. The highest BCUT2D eigenvalue weighted by atomic mass is 35.5. The number of benzene rings is 2. The zero-order chi connectivity index (χ0) is 15.9. The molecule has 0 heterocycles. The molecule has 0 aliphatic carbocycles. The van der Waals surface area contributed by atoms with Gasteiger partial charge in [-0.3, -0.25) is 0 Å². The van der Waals surface area contributed by atoms with Gasteiger partial charge in [0.15, 0.2) is 0 Å². The molecule has 0 fully saturated rings. The van der Waals surface area contributed by atoms with Crippen molar-refractivity contribution in [3.63, 3.8) is 0 Å². The molecule has 5 nitrogen and oxygen atoms in total. The molecule has 0 spiro atoms. The summed E-state index contributed by atoms with van der Waals surface area (Å²) >= 11 is 5.91. The van der Waals surface area contributed by atoms with E-state index in [-0.39, 0.29) is 12.4 Å². The lowest BCUT2D eigenvalue weighted by atomic mass is 10.2. The Bertz CT molecular complexity index is 707. The second-order valence-electron chi connectivity index (χ2n) is 4.30. The first kappa shape index (κ1) is 15.8. The molecule has 22 heavy (non-hydrogen) atoms. The van der Waals surface area contributed by atoms with Crippen molar-refractivity contribution < 1.29 is 13.9 Å². The third kappa shape index (κ3) is 4.46. The second-order valence-corrected chi connectivity index (χ2v) is 4.73. The number of amides is 2. The van der Waals surface area contributed by atoms with Gasteiger partial charge in [0, 0.05) is 16.1 Å². The Morgan fingerprint density at radius 3 is 2.86 bits per heavy atom. The van der Waals surface area contributed by atoms with Gasteiger partial charge >= 0.3 is 6.03 Å². The molecular formula is C15H13ClFN3O2. The van der Waals surface area contributed by atoms with E-state index in [9.17, 15) is 9.18 Å². The molecule has 3 N–H and O–H groups in total. The number of nitrogens with zero attached hydrogens (tertiary/aromatic N) is 1. The van der Waals surface area contributed by atoms with Crippen LogP contribution in [0.25, 0.3) is 0 Å². The van der Waals surface area contributed by atoms with Crippen LogP contribution in [0.1, 0.15) is 11.1 Å². The maximum Gasteiger partial charge on any atom is 0.332 e. The fourth-order valence-corrected chi connectivity index (χ4v) is 1.87. The number of halogens is 2. The molecule has 0 aliphatic heterocycles. The van der Waals surface area contributed by atoms with Crippen LogP contribution < -0.4 is 15.9 Å². The third-order valence-electron chi connectivity index (χ3n) is 2.69. The first-order chi connectivity index (χ1) is 10.6. The Morgan fingerprint density at radius 1 is 1.36 bits per heavy atom. The number of urea groups is 1. The van der Waals surface area contributed by atoms with Gasteiger partial charge in [0.05, 0.1) is 6.21 Å². The van der Waals surface area contributed by atoms with Gasteiger partial charge in [-0.25, -0.2) is 14.6 Å². The van der Waals surface area contributed by atoms with Gasteiger partial charge in [0.1, 0.15) is 18.2 Å². The fraction of sp³-hybridized carbons (Fsp3) is 0.0667. The highest BCUT2D eigenvalue weighted by Crippen LogP contribution is 2.22. The molecule has 0 aromatic heterocycles. The van der Waals surface area contributed by atoms with Gasteiger partial charge in [0.25, 0.3) is 0 Å². The number of nitrogens with one attached hydrogen (secondary N) is 1. The van der Waals surface area contributed by atoms with Crippen LogP contribution in [0.2, 0.25) is 5.02 Å². The number of nitrogens with two attached hydrogens (primary N) is 1. The Kier molecular flexibility index (Phi) is 5.32. The van der Waals surface area contributed by atoms with E-state index in [2.05, 4.69) is 10.5 Å². The van der Waals surface area contributed by atoms with Crippen LogP contribution in [0.4, 0.5) is 9.18 Å².